The van der Waals surface area contributed by atoms with Crippen LogP contribution in [-0.4, -0.2) is 29.0 Å². The first kappa shape index (κ1) is 17.1. The number of rotatable bonds is 5. The summed E-state index contributed by atoms with van der Waals surface area (Å²) in [5.41, 5.74) is 6.73. The van der Waals surface area contributed by atoms with Crippen LogP contribution in [0.2, 0.25) is 0 Å². The van der Waals surface area contributed by atoms with Gasteiger partial charge in [0, 0.05) is 34.3 Å². The molecule has 2 aromatic heterocycles. The number of carbonyl (C=O) groups is 1. The maximum atomic E-state index is 12.4. The summed E-state index contributed by atoms with van der Waals surface area (Å²) in [6.07, 6.45) is 7.54. The van der Waals surface area contributed by atoms with Gasteiger partial charge in [-0.25, -0.2) is 4.98 Å². The molecule has 2 aliphatic carbocycles. The summed E-state index contributed by atoms with van der Waals surface area (Å²) in [7, 11) is 0. The molecule has 2 saturated carbocycles. The summed E-state index contributed by atoms with van der Waals surface area (Å²) >= 11 is 3.19. The van der Waals surface area contributed by atoms with Crippen molar-refractivity contribution in [3.8, 4) is 0 Å². The van der Waals surface area contributed by atoms with Crippen molar-refractivity contribution in [1.82, 2.24) is 10.3 Å². The van der Waals surface area contributed by atoms with Crippen LogP contribution in [0, 0.1) is 6.92 Å². The number of thiazole rings is 1. The molecule has 0 saturated heterocycles. The molecule has 2 aromatic rings. The van der Waals surface area contributed by atoms with E-state index >= 15 is 0 Å². The first-order chi connectivity index (χ1) is 12.1. The lowest BCUT2D eigenvalue weighted by Gasteiger charge is -2.27. The molecule has 2 atom stereocenters. The van der Waals surface area contributed by atoms with E-state index in [1.807, 2.05) is 12.3 Å². The summed E-state index contributed by atoms with van der Waals surface area (Å²) in [5.74, 6) is 0.519. The largest absolute Gasteiger partial charge is 0.328 e. The number of nitrogens with one attached hydrogen (secondary N) is 2. The topological polar surface area (TPSA) is 80.0 Å². The summed E-state index contributed by atoms with van der Waals surface area (Å²) in [5, 5.41) is 10.4. The summed E-state index contributed by atoms with van der Waals surface area (Å²) in [6.45, 7) is 1.93. The molecule has 4 N–H and O–H groups in total. The third-order valence-corrected chi connectivity index (χ3v) is 7.01. The van der Waals surface area contributed by atoms with Gasteiger partial charge in [-0.15, -0.1) is 22.7 Å². The van der Waals surface area contributed by atoms with E-state index in [1.165, 1.54) is 35.5 Å². The highest BCUT2D eigenvalue weighted by Gasteiger charge is 2.41. The van der Waals surface area contributed by atoms with Gasteiger partial charge in [0.25, 0.3) is 5.91 Å². The van der Waals surface area contributed by atoms with Gasteiger partial charge in [0.2, 0.25) is 0 Å². The predicted octanol–water partition coefficient (Wildman–Crippen LogP) is 3.48. The third kappa shape index (κ3) is 4.11. The van der Waals surface area contributed by atoms with Crippen LogP contribution < -0.4 is 16.4 Å². The molecule has 2 unspecified atom stereocenters. The standard InChI is InChI=1S/C18H24N4OS2/c1-10-20-8-17(25-10)22-18(23)11-6-16(24-9-11)14-7-15(14)21-13-4-2-12(19)3-5-13/h6,8-9,12-15,21H,2-5,7,19H2,1H3,(H,22,23). The van der Waals surface area contributed by atoms with Crippen molar-refractivity contribution in [3.05, 3.63) is 33.1 Å². The summed E-state index contributed by atoms with van der Waals surface area (Å²) < 4.78 is 0. The molecule has 5 nitrogen and oxygen atoms in total. The number of nitrogens with two attached hydrogens (primary N) is 1. The molecule has 7 heteroatoms. The monoisotopic (exact) mass is 376 g/mol. The van der Waals surface area contributed by atoms with Gasteiger partial charge in [-0.3, -0.25) is 4.79 Å². The van der Waals surface area contributed by atoms with Crippen molar-refractivity contribution in [2.75, 3.05) is 5.32 Å². The average molecular weight is 377 g/mol. The second-order valence-electron chi connectivity index (χ2n) is 7.16. The first-order valence-corrected chi connectivity index (χ1v) is 10.6. The second-order valence-corrected chi connectivity index (χ2v) is 9.34. The number of carbonyl (C=O) groups excluding carboxylic acids is 1. The summed E-state index contributed by atoms with van der Waals surface area (Å²) in [4.78, 5) is 17.8. The Balaban J connectivity index is 1.30. The molecule has 25 heavy (non-hydrogen) atoms. The number of hydrogen-bond donors (Lipinski definition) is 3. The molecular formula is C18H24N4OS2. The Morgan fingerprint density at radius 2 is 2.12 bits per heavy atom. The van der Waals surface area contributed by atoms with Crippen molar-refractivity contribution in [2.24, 2.45) is 5.73 Å². The highest BCUT2D eigenvalue weighted by atomic mass is 32.1. The van der Waals surface area contributed by atoms with Gasteiger partial charge in [-0.1, -0.05) is 0 Å². The molecule has 4 rings (SSSR count). The Morgan fingerprint density at radius 1 is 1.32 bits per heavy atom. The molecule has 2 heterocycles. The van der Waals surface area contributed by atoms with Crippen molar-refractivity contribution >= 4 is 33.6 Å². The van der Waals surface area contributed by atoms with Crippen molar-refractivity contribution < 1.29 is 4.79 Å². The molecule has 0 spiro atoms. The van der Waals surface area contributed by atoms with E-state index < -0.39 is 0 Å². The maximum absolute atomic E-state index is 12.4. The van der Waals surface area contributed by atoms with E-state index in [-0.39, 0.29) is 5.91 Å². The van der Waals surface area contributed by atoms with E-state index in [1.54, 1.807) is 17.5 Å². The van der Waals surface area contributed by atoms with Gasteiger partial charge in [0.15, 0.2) is 0 Å². The molecule has 2 aliphatic rings. The van der Waals surface area contributed by atoms with Crippen LogP contribution in [0.25, 0.3) is 0 Å². The van der Waals surface area contributed by atoms with Crippen LogP contribution in [0.3, 0.4) is 0 Å². The van der Waals surface area contributed by atoms with Crippen LogP contribution in [0.4, 0.5) is 5.00 Å². The van der Waals surface area contributed by atoms with E-state index in [0.717, 1.165) is 28.4 Å². The lowest BCUT2D eigenvalue weighted by Crippen LogP contribution is -2.38. The van der Waals surface area contributed by atoms with Gasteiger partial charge in [-0.05, 0) is 45.1 Å². The van der Waals surface area contributed by atoms with Crippen LogP contribution in [0.1, 0.15) is 58.3 Å². The lowest BCUT2D eigenvalue weighted by atomic mass is 9.92. The molecular weight excluding hydrogens is 352 g/mol. The number of thiophene rings is 1. The minimum atomic E-state index is -0.0439. The lowest BCUT2D eigenvalue weighted by molar-refractivity contribution is 0.102. The highest BCUT2D eigenvalue weighted by Crippen LogP contribution is 2.44. The highest BCUT2D eigenvalue weighted by molar-refractivity contribution is 7.15. The fourth-order valence-corrected chi connectivity index (χ4v) is 5.29. The molecule has 1 amide bonds. The number of aryl methyl sites for hydroxylation is 1. The Labute approximate surface area is 156 Å². The Morgan fingerprint density at radius 3 is 2.84 bits per heavy atom. The number of anilines is 1. The molecule has 2 fully saturated rings. The Bertz CT molecular complexity index is 748. The number of hydrogen-bond acceptors (Lipinski definition) is 6. The normalized spacial score (nSPS) is 28.7. The third-order valence-electron chi connectivity index (χ3n) is 5.12. The van der Waals surface area contributed by atoms with Crippen molar-refractivity contribution in [3.63, 3.8) is 0 Å². The van der Waals surface area contributed by atoms with Crippen LogP contribution >= 0.6 is 22.7 Å². The van der Waals surface area contributed by atoms with Crippen LogP contribution in [0.15, 0.2) is 17.6 Å². The minimum absolute atomic E-state index is 0.0439. The number of aromatic nitrogens is 1. The van der Waals surface area contributed by atoms with E-state index in [9.17, 15) is 4.79 Å². The smallest absolute Gasteiger partial charge is 0.257 e. The van der Waals surface area contributed by atoms with Gasteiger partial charge in [0.05, 0.1) is 16.8 Å². The number of nitrogens with zero attached hydrogens (tertiary/aromatic N) is 1. The van der Waals surface area contributed by atoms with E-state index in [4.69, 9.17) is 5.73 Å². The molecule has 134 valence electrons. The van der Waals surface area contributed by atoms with Crippen LogP contribution in [-0.2, 0) is 0 Å². The molecule has 0 aliphatic heterocycles. The Kier molecular flexibility index (Phi) is 4.90. The molecule has 0 radical (unpaired) electrons. The molecule has 0 bridgehead atoms. The average Bonchev–Trinajstić information content (AvgIpc) is 2.99. The zero-order valence-electron chi connectivity index (χ0n) is 14.3. The minimum Gasteiger partial charge on any atom is -0.328 e. The quantitative estimate of drug-likeness (QED) is 0.746. The fraction of sp³-hybridized carbons (Fsp3) is 0.556. The fourth-order valence-electron chi connectivity index (χ4n) is 3.55. The maximum Gasteiger partial charge on any atom is 0.257 e. The van der Waals surface area contributed by atoms with Gasteiger partial charge < -0.3 is 16.4 Å². The zero-order valence-corrected chi connectivity index (χ0v) is 16.0. The van der Waals surface area contributed by atoms with E-state index in [0.29, 0.717) is 24.0 Å². The van der Waals surface area contributed by atoms with Crippen molar-refractivity contribution in [2.45, 2.75) is 63.1 Å². The second kappa shape index (κ2) is 7.15. The summed E-state index contributed by atoms with van der Waals surface area (Å²) in [6, 6.07) is 3.63. The predicted molar refractivity (Wildman–Crippen MR) is 104 cm³/mol. The van der Waals surface area contributed by atoms with E-state index in [2.05, 4.69) is 21.7 Å². The number of amides is 1. The first-order valence-electron chi connectivity index (χ1n) is 8.92. The zero-order chi connectivity index (χ0) is 17.4. The molecule has 0 aromatic carbocycles. The van der Waals surface area contributed by atoms with Gasteiger partial charge in [0.1, 0.15) is 5.00 Å². The van der Waals surface area contributed by atoms with Crippen LogP contribution in [0.5, 0.6) is 0 Å². The van der Waals surface area contributed by atoms with Crippen molar-refractivity contribution in [1.29, 1.82) is 0 Å². The SMILES string of the molecule is Cc1ncc(NC(=O)c2csc(C3CC3NC3CCC(N)CC3)c2)s1. The van der Waals surface area contributed by atoms with Gasteiger partial charge >= 0.3 is 0 Å². The van der Waals surface area contributed by atoms with Gasteiger partial charge in [-0.2, -0.15) is 0 Å². The Hall–Kier alpha value is -1.28.